The molecule has 1 aliphatic heterocycles. The minimum atomic E-state index is 0. The highest BCUT2D eigenvalue weighted by atomic mass is 35.5. The molecule has 6 heteroatoms. The Morgan fingerprint density at radius 3 is 2.36 bits per heavy atom. The summed E-state index contributed by atoms with van der Waals surface area (Å²) in [4.78, 5) is 16.9. The van der Waals surface area contributed by atoms with Crippen molar-refractivity contribution in [1.82, 2.24) is 9.80 Å². The summed E-state index contributed by atoms with van der Waals surface area (Å²) in [5.74, 6) is 0.333. The van der Waals surface area contributed by atoms with E-state index in [9.17, 15) is 4.79 Å². The van der Waals surface area contributed by atoms with E-state index in [0.717, 1.165) is 71.4 Å². The van der Waals surface area contributed by atoms with Crippen molar-refractivity contribution in [1.29, 1.82) is 0 Å². The van der Waals surface area contributed by atoms with Gasteiger partial charge in [0.15, 0.2) is 0 Å². The van der Waals surface area contributed by atoms with Crippen LogP contribution in [0.15, 0.2) is 30.3 Å². The molecule has 0 bridgehead atoms. The van der Waals surface area contributed by atoms with Gasteiger partial charge in [-0.2, -0.15) is 0 Å². The number of halogens is 2. The molecule has 1 aliphatic rings. The average molecular weight is 390 g/mol. The van der Waals surface area contributed by atoms with Crippen LogP contribution in [0.4, 0.5) is 0 Å². The number of rotatable bonds is 8. The normalized spacial score (nSPS) is 15.0. The van der Waals surface area contributed by atoms with Crippen LogP contribution < -0.4 is 5.73 Å². The fourth-order valence-electron chi connectivity index (χ4n) is 3.15. The first-order chi connectivity index (χ1) is 11.3. The summed E-state index contributed by atoms with van der Waals surface area (Å²) in [6.45, 7) is 5.59. The molecule has 0 unspecified atom stereocenters. The van der Waals surface area contributed by atoms with Gasteiger partial charge in [-0.3, -0.25) is 9.69 Å². The van der Waals surface area contributed by atoms with Crippen molar-refractivity contribution in [2.45, 2.75) is 45.1 Å². The third-order valence-electron chi connectivity index (χ3n) is 4.53. The van der Waals surface area contributed by atoms with Crippen molar-refractivity contribution >= 4 is 30.7 Å². The second-order valence-electron chi connectivity index (χ2n) is 6.45. The molecule has 4 nitrogen and oxygen atoms in total. The van der Waals surface area contributed by atoms with Gasteiger partial charge in [-0.1, -0.05) is 43.2 Å². The van der Waals surface area contributed by atoms with E-state index in [4.69, 9.17) is 5.73 Å². The standard InChI is InChI=1S/C19H31N3O.2ClH/c20-12-7-2-1-6-11-19(23)22-14-8-13-21(15-16-22)17-18-9-4-3-5-10-18;;/h3-5,9-10H,1-2,6-8,11-17,20H2;2*1H. The minimum absolute atomic E-state index is 0. The Kier molecular flexibility index (Phi) is 13.9. The predicted octanol–water partition coefficient (Wildman–Crippen LogP) is 3.47. The predicted molar refractivity (Wildman–Crippen MR) is 110 cm³/mol. The quantitative estimate of drug-likeness (QED) is 0.692. The van der Waals surface area contributed by atoms with Crippen molar-refractivity contribution in [2.24, 2.45) is 5.73 Å². The van der Waals surface area contributed by atoms with Gasteiger partial charge in [0.05, 0.1) is 0 Å². The SMILES string of the molecule is Cl.Cl.NCCCCCCC(=O)N1CCCN(Cc2ccccc2)CC1. The van der Waals surface area contributed by atoms with Gasteiger partial charge < -0.3 is 10.6 Å². The second-order valence-corrected chi connectivity index (χ2v) is 6.45. The zero-order valence-electron chi connectivity index (χ0n) is 15.1. The number of carbonyl (C=O) groups excluding carboxylic acids is 1. The molecule has 0 aromatic heterocycles. The summed E-state index contributed by atoms with van der Waals surface area (Å²) in [6.07, 6.45) is 6.12. The molecule has 1 saturated heterocycles. The average Bonchev–Trinajstić information content (AvgIpc) is 2.81. The maximum absolute atomic E-state index is 12.3. The molecule has 0 atom stereocenters. The summed E-state index contributed by atoms with van der Waals surface area (Å²) in [7, 11) is 0. The van der Waals surface area contributed by atoms with Crippen LogP contribution in [-0.2, 0) is 11.3 Å². The van der Waals surface area contributed by atoms with Crippen LogP contribution in [0.5, 0.6) is 0 Å². The van der Waals surface area contributed by atoms with Crippen molar-refractivity contribution in [3.63, 3.8) is 0 Å². The smallest absolute Gasteiger partial charge is 0.222 e. The fraction of sp³-hybridized carbons (Fsp3) is 0.632. The van der Waals surface area contributed by atoms with E-state index < -0.39 is 0 Å². The van der Waals surface area contributed by atoms with Crippen molar-refractivity contribution < 1.29 is 4.79 Å². The third kappa shape index (κ3) is 9.45. The van der Waals surface area contributed by atoms with Crippen LogP contribution in [0.2, 0.25) is 0 Å². The number of unbranched alkanes of at least 4 members (excludes halogenated alkanes) is 3. The minimum Gasteiger partial charge on any atom is -0.341 e. The zero-order chi connectivity index (χ0) is 16.3. The van der Waals surface area contributed by atoms with Crippen LogP contribution in [0.1, 0.15) is 44.1 Å². The molecular weight excluding hydrogens is 357 g/mol. The number of amides is 1. The topological polar surface area (TPSA) is 49.6 Å². The Morgan fingerprint density at radius 2 is 1.64 bits per heavy atom. The molecule has 0 radical (unpaired) electrons. The van der Waals surface area contributed by atoms with Gasteiger partial charge in [-0.15, -0.1) is 24.8 Å². The molecule has 0 saturated carbocycles. The van der Waals surface area contributed by atoms with Crippen molar-refractivity contribution in [3.8, 4) is 0 Å². The van der Waals surface area contributed by atoms with Gasteiger partial charge in [0.25, 0.3) is 0 Å². The van der Waals surface area contributed by atoms with Gasteiger partial charge in [0, 0.05) is 39.1 Å². The van der Waals surface area contributed by atoms with Gasteiger partial charge in [0.1, 0.15) is 0 Å². The van der Waals surface area contributed by atoms with Gasteiger partial charge in [0.2, 0.25) is 5.91 Å². The zero-order valence-corrected chi connectivity index (χ0v) is 16.7. The molecule has 1 fully saturated rings. The van der Waals surface area contributed by atoms with Crippen LogP contribution in [0.3, 0.4) is 0 Å². The van der Waals surface area contributed by atoms with Gasteiger partial charge in [-0.05, 0) is 31.4 Å². The maximum Gasteiger partial charge on any atom is 0.222 e. The number of carbonyl (C=O) groups is 1. The lowest BCUT2D eigenvalue weighted by molar-refractivity contribution is -0.131. The van der Waals surface area contributed by atoms with E-state index in [1.165, 1.54) is 5.56 Å². The molecule has 0 spiro atoms. The Hall–Kier alpha value is -0.810. The number of nitrogens with two attached hydrogens (primary N) is 1. The van der Waals surface area contributed by atoms with Gasteiger partial charge >= 0.3 is 0 Å². The van der Waals surface area contributed by atoms with Crippen LogP contribution in [-0.4, -0.2) is 48.4 Å². The summed E-state index contributed by atoms with van der Waals surface area (Å²) in [6, 6.07) is 10.6. The first kappa shape index (κ1) is 24.2. The Morgan fingerprint density at radius 1 is 0.920 bits per heavy atom. The number of hydrogen-bond acceptors (Lipinski definition) is 3. The molecule has 1 heterocycles. The fourth-order valence-corrected chi connectivity index (χ4v) is 3.15. The van der Waals surface area contributed by atoms with E-state index in [2.05, 4.69) is 40.1 Å². The number of nitrogens with zero attached hydrogens (tertiary/aromatic N) is 2. The molecule has 1 aromatic carbocycles. The molecular formula is C19H33Cl2N3O. The Balaban J connectivity index is 0.00000288. The highest BCUT2D eigenvalue weighted by molar-refractivity contribution is 5.85. The van der Waals surface area contributed by atoms with E-state index in [1.807, 2.05) is 0 Å². The molecule has 2 rings (SSSR count). The summed E-state index contributed by atoms with van der Waals surface area (Å²) >= 11 is 0. The van der Waals surface area contributed by atoms with Crippen LogP contribution >= 0.6 is 24.8 Å². The molecule has 1 amide bonds. The largest absolute Gasteiger partial charge is 0.341 e. The first-order valence-corrected chi connectivity index (χ1v) is 9.03. The van der Waals surface area contributed by atoms with Crippen molar-refractivity contribution in [3.05, 3.63) is 35.9 Å². The Labute approximate surface area is 164 Å². The highest BCUT2D eigenvalue weighted by Crippen LogP contribution is 2.11. The molecule has 0 aliphatic carbocycles. The lowest BCUT2D eigenvalue weighted by Crippen LogP contribution is -2.34. The molecule has 1 aromatic rings. The van der Waals surface area contributed by atoms with E-state index in [1.54, 1.807) is 0 Å². The van der Waals surface area contributed by atoms with Gasteiger partial charge in [-0.25, -0.2) is 0 Å². The van der Waals surface area contributed by atoms with Crippen LogP contribution in [0.25, 0.3) is 0 Å². The molecule has 2 N–H and O–H groups in total. The summed E-state index contributed by atoms with van der Waals surface area (Å²) < 4.78 is 0. The van der Waals surface area contributed by atoms with E-state index in [0.29, 0.717) is 12.3 Å². The van der Waals surface area contributed by atoms with E-state index >= 15 is 0 Å². The highest BCUT2D eigenvalue weighted by Gasteiger charge is 2.18. The lowest BCUT2D eigenvalue weighted by Gasteiger charge is -2.22. The summed E-state index contributed by atoms with van der Waals surface area (Å²) in [5.41, 5.74) is 6.85. The lowest BCUT2D eigenvalue weighted by atomic mass is 10.1. The monoisotopic (exact) mass is 389 g/mol. The molecule has 25 heavy (non-hydrogen) atoms. The second kappa shape index (κ2) is 14.4. The number of hydrogen-bond donors (Lipinski definition) is 1. The molecule has 144 valence electrons. The first-order valence-electron chi connectivity index (χ1n) is 9.03. The third-order valence-corrected chi connectivity index (χ3v) is 4.53. The summed E-state index contributed by atoms with van der Waals surface area (Å²) in [5, 5.41) is 0. The van der Waals surface area contributed by atoms with Crippen molar-refractivity contribution in [2.75, 3.05) is 32.7 Å². The Bertz CT molecular complexity index is 459. The maximum atomic E-state index is 12.3. The number of benzene rings is 1. The van der Waals surface area contributed by atoms with Crippen LogP contribution in [0, 0.1) is 0 Å². The van der Waals surface area contributed by atoms with E-state index in [-0.39, 0.29) is 24.8 Å².